The fraction of sp³-hybridized carbons (Fsp3) is 0.381. The lowest BCUT2D eigenvalue weighted by Gasteiger charge is -2.27. The van der Waals surface area contributed by atoms with Crippen LogP contribution < -0.4 is 15.4 Å². The van der Waals surface area contributed by atoms with E-state index in [1.807, 2.05) is 25.1 Å². The molecule has 0 saturated heterocycles. The van der Waals surface area contributed by atoms with Gasteiger partial charge in [-0.1, -0.05) is 24.2 Å². The van der Waals surface area contributed by atoms with Crippen molar-refractivity contribution in [1.29, 1.82) is 0 Å². The third-order valence-corrected chi connectivity index (χ3v) is 6.17. The van der Waals surface area contributed by atoms with E-state index in [4.69, 9.17) is 4.74 Å². The normalized spacial score (nSPS) is 19.1. The maximum atomic E-state index is 11.9. The summed E-state index contributed by atoms with van der Waals surface area (Å²) in [5.41, 5.74) is 1.92. The molecular weight excluding hydrogens is 388 g/mol. The van der Waals surface area contributed by atoms with Crippen LogP contribution in [0.2, 0.25) is 0 Å². The Kier molecular flexibility index (Phi) is 5.64. The first-order chi connectivity index (χ1) is 14.0. The fourth-order valence-corrected chi connectivity index (χ4v) is 4.53. The number of ether oxygens (including phenoxy) is 1. The minimum Gasteiger partial charge on any atom is -0.457 e. The van der Waals surface area contributed by atoms with Crippen LogP contribution in [0, 0.1) is 6.92 Å². The number of fused-ring (bicyclic) bond motifs is 1. The molecule has 0 radical (unpaired) electrons. The Labute approximate surface area is 173 Å². The highest BCUT2D eigenvalue weighted by Gasteiger charge is 2.23. The van der Waals surface area contributed by atoms with Crippen molar-refractivity contribution in [1.82, 2.24) is 15.3 Å². The SMILES string of the molecule is CNC(=O)c1nccc(Oc2ccc3nc(N[C@@H]4CCCC[C@H]4O)sc3c2)c1C. The molecule has 7 nitrogen and oxygen atoms in total. The van der Waals surface area contributed by atoms with Crippen molar-refractivity contribution in [3.05, 3.63) is 41.7 Å². The maximum absolute atomic E-state index is 11.9. The number of pyridine rings is 1. The van der Waals surface area contributed by atoms with Gasteiger partial charge >= 0.3 is 0 Å². The van der Waals surface area contributed by atoms with Crippen molar-refractivity contribution in [2.45, 2.75) is 44.8 Å². The number of rotatable bonds is 5. The third-order valence-electron chi connectivity index (χ3n) is 5.22. The van der Waals surface area contributed by atoms with Crippen molar-refractivity contribution in [3.8, 4) is 11.5 Å². The van der Waals surface area contributed by atoms with Crippen LogP contribution in [0.15, 0.2) is 30.5 Å². The van der Waals surface area contributed by atoms with E-state index in [0.717, 1.165) is 41.0 Å². The second-order valence-corrected chi connectivity index (χ2v) is 8.25. The van der Waals surface area contributed by atoms with Gasteiger partial charge in [0.2, 0.25) is 0 Å². The Morgan fingerprint density at radius 3 is 2.90 bits per heavy atom. The molecule has 0 unspecified atom stereocenters. The Bertz CT molecular complexity index is 1040. The number of carbonyl (C=O) groups is 1. The minimum absolute atomic E-state index is 0.0580. The number of thiazole rings is 1. The number of nitrogens with zero attached hydrogens (tertiary/aromatic N) is 2. The van der Waals surface area contributed by atoms with Gasteiger partial charge in [0.15, 0.2) is 5.13 Å². The van der Waals surface area contributed by atoms with Crippen molar-refractivity contribution < 1.29 is 14.6 Å². The van der Waals surface area contributed by atoms with Crippen LogP contribution in [-0.4, -0.2) is 40.2 Å². The number of aliphatic hydroxyl groups excluding tert-OH is 1. The molecule has 1 fully saturated rings. The second-order valence-electron chi connectivity index (χ2n) is 7.22. The van der Waals surface area contributed by atoms with Crippen molar-refractivity contribution >= 4 is 32.6 Å². The zero-order valence-corrected chi connectivity index (χ0v) is 17.3. The summed E-state index contributed by atoms with van der Waals surface area (Å²) in [4.78, 5) is 20.7. The van der Waals surface area contributed by atoms with E-state index < -0.39 is 0 Å². The van der Waals surface area contributed by atoms with Crippen molar-refractivity contribution in [2.75, 3.05) is 12.4 Å². The first kappa shape index (κ1) is 19.6. The van der Waals surface area contributed by atoms with Crippen LogP contribution in [0.5, 0.6) is 11.5 Å². The number of benzene rings is 1. The molecule has 1 aliphatic carbocycles. The molecule has 2 heterocycles. The van der Waals surface area contributed by atoms with E-state index in [-0.39, 0.29) is 18.1 Å². The smallest absolute Gasteiger partial charge is 0.270 e. The molecule has 1 saturated carbocycles. The zero-order valence-electron chi connectivity index (χ0n) is 16.4. The lowest BCUT2D eigenvalue weighted by atomic mass is 9.93. The highest BCUT2D eigenvalue weighted by Crippen LogP contribution is 2.33. The van der Waals surface area contributed by atoms with Crippen LogP contribution in [-0.2, 0) is 0 Å². The number of anilines is 1. The lowest BCUT2D eigenvalue weighted by molar-refractivity contribution is 0.0957. The average molecular weight is 413 g/mol. The standard InChI is InChI=1S/C21H24N4O3S/c1-12-17(9-10-23-19(12)20(27)22-2)28-13-7-8-15-18(11-13)29-21(25-15)24-14-5-3-4-6-16(14)26/h7-11,14,16,26H,3-6H2,1-2H3,(H,22,27)(H,24,25)/t14-,16-/m1/s1. The van der Waals surface area contributed by atoms with Crippen LogP contribution in [0.1, 0.15) is 41.7 Å². The molecule has 8 heteroatoms. The quantitative estimate of drug-likeness (QED) is 0.589. The van der Waals surface area contributed by atoms with Gasteiger partial charge in [0.1, 0.15) is 17.2 Å². The number of carbonyl (C=O) groups excluding carboxylic acids is 1. The summed E-state index contributed by atoms with van der Waals surface area (Å²) in [5, 5.41) is 17.0. The van der Waals surface area contributed by atoms with E-state index in [0.29, 0.717) is 22.8 Å². The summed E-state index contributed by atoms with van der Waals surface area (Å²) < 4.78 is 7.02. The molecule has 4 rings (SSSR count). The molecule has 3 N–H and O–H groups in total. The van der Waals surface area contributed by atoms with Gasteiger partial charge in [0.05, 0.1) is 22.4 Å². The number of nitrogens with one attached hydrogen (secondary N) is 2. The van der Waals surface area contributed by atoms with Gasteiger partial charge in [-0.3, -0.25) is 9.78 Å². The monoisotopic (exact) mass is 412 g/mol. The average Bonchev–Trinajstić information content (AvgIpc) is 3.12. The molecule has 152 valence electrons. The summed E-state index contributed by atoms with van der Waals surface area (Å²) >= 11 is 1.54. The Morgan fingerprint density at radius 1 is 1.28 bits per heavy atom. The predicted octanol–water partition coefficient (Wildman–Crippen LogP) is 3.87. The molecule has 0 bridgehead atoms. The topological polar surface area (TPSA) is 96.4 Å². The van der Waals surface area contributed by atoms with E-state index >= 15 is 0 Å². The van der Waals surface area contributed by atoms with Gasteiger partial charge in [-0.05, 0) is 38.0 Å². The van der Waals surface area contributed by atoms with Gasteiger partial charge in [0, 0.05) is 24.9 Å². The van der Waals surface area contributed by atoms with Crippen molar-refractivity contribution in [2.24, 2.45) is 0 Å². The van der Waals surface area contributed by atoms with E-state index in [9.17, 15) is 9.90 Å². The van der Waals surface area contributed by atoms with Gasteiger partial charge in [-0.15, -0.1) is 0 Å². The number of hydrogen-bond acceptors (Lipinski definition) is 7. The Balaban J connectivity index is 1.54. The molecule has 29 heavy (non-hydrogen) atoms. The maximum Gasteiger partial charge on any atom is 0.270 e. The molecule has 1 aromatic carbocycles. The minimum atomic E-state index is -0.321. The molecule has 0 spiro atoms. The highest BCUT2D eigenvalue weighted by atomic mass is 32.1. The number of aromatic nitrogens is 2. The fourth-order valence-electron chi connectivity index (χ4n) is 3.57. The molecule has 1 amide bonds. The molecule has 3 aromatic rings. The van der Waals surface area contributed by atoms with Crippen molar-refractivity contribution in [3.63, 3.8) is 0 Å². The summed E-state index contributed by atoms with van der Waals surface area (Å²) in [5.74, 6) is 1.01. The van der Waals surface area contributed by atoms with Crippen LogP contribution in [0.3, 0.4) is 0 Å². The molecule has 1 aliphatic rings. The zero-order chi connectivity index (χ0) is 20.4. The lowest BCUT2D eigenvalue weighted by Crippen LogP contribution is -2.36. The van der Waals surface area contributed by atoms with E-state index in [1.54, 1.807) is 30.6 Å². The number of amides is 1. The molecule has 2 aromatic heterocycles. The van der Waals surface area contributed by atoms with Gasteiger partial charge in [0.25, 0.3) is 5.91 Å². The number of hydrogen-bond donors (Lipinski definition) is 3. The second kappa shape index (κ2) is 8.34. The van der Waals surface area contributed by atoms with E-state index in [2.05, 4.69) is 20.6 Å². The van der Waals surface area contributed by atoms with Crippen LogP contribution >= 0.6 is 11.3 Å². The highest BCUT2D eigenvalue weighted by molar-refractivity contribution is 7.22. The van der Waals surface area contributed by atoms with Gasteiger partial charge < -0.3 is 20.5 Å². The first-order valence-corrected chi connectivity index (χ1v) is 10.6. The third kappa shape index (κ3) is 4.18. The summed E-state index contributed by atoms with van der Waals surface area (Å²) in [6, 6.07) is 7.52. The van der Waals surface area contributed by atoms with Crippen LogP contribution in [0.25, 0.3) is 10.2 Å². The molecular formula is C21H24N4O3S. The summed E-state index contributed by atoms with van der Waals surface area (Å²) in [6.07, 6.45) is 5.25. The summed E-state index contributed by atoms with van der Waals surface area (Å²) in [6.45, 7) is 1.82. The first-order valence-electron chi connectivity index (χ1n) is 9.76. The van der Waals surface area contributed by atoms with Crippen LogP contribution in [0.4, 0.5) is 5.13 Å². The number of aliphatic hydroxyl groups is 1. The molecule has 0 aliphatic heterocycles. The van der Waals surface area contributed by atoms with E-state index in [1.165, 1.54) is 0 Å². The Morgan fingerprint density at radius 2 is 2.10 bits per heavy atom. The largest absolute Gasteiger partial charge is 0.457 e. The predicted molar refractivity (Wildman–Crippen MR) is 114 cm³/mol. The Hall–Kier alpha value is -2.71. The molecule has 2 atom stereocenters. The van der Waals surface area contributed by atoms with Gasteiger partial charge in [-0.2, -0.15) is 0 Å². The van der Waals surface area contributed by atoms with Gasteiger partial charge in [-0.25, -0.2) is 4.98 Å². The summed E-state index contributed by atoms with van der Waals surface area (Å²) in [7, 11) is 1.58.